The first kappa shape index (κ1) is 20.5. The first-order valence-corrected chi connectivity index (χ1v) is 11.5. The number of benzene rings is 3. The third-order valence-corrected chi connectivity index (χ3v) is 6.78. The summed E-state index contributed by atoms with van der Waals surface area (Å²) in [5.41, 5.74) is 0.611. The van der Waals surface area contributed by atoms with Crippen LogP contribution in [-0.4, -0.2) is 16.8 Å². The summed E-state index contributed by atoms with van der Waals surface area (Å²) in [7, 11) is -7.74. The van der Waals surface area contributed by atoms with Gasteiger partial charge in [-0.05, 0) is 54.6 Å². The van der Waals surface area contributed by atoms with Crippen molar-refractivity contribution in [1.82, 2.24) is 0 Å². The molecule has 0 fully saturated rings. The SMILES string of the molecule is O=S(=O)(Nc1ccccc1)c1ccc(NS(=O)(=O)c2cc(Cl)cc(Cl)c2)cc1. The van der Waals surface area contributed by atoms with E-state index in [0.717, 1.165) is 0 Å². The zero-order valence-electron chi connectivity index (χ0n) is 14.1. The minimum absolute atomic E-state index is 0.00917. The molecule has 3 aromatic rings. The van der Waals surface area contributed by atoms with Crippen molar-refractivity contribution in [2.75, 3.05) is 9.44 Å². The van der Waals surface area contributed by atoms with Crippen molar-refractivity contribution in [2.24, 2.45) is 0 Å². The highest BCUT2D eigenvalue weighted by molar-refractivity contribution is 7.93. The molecule has 0 spiro atoms. The molecule has 2 N–H and O–H groups in total. The Balaban J connectivity index is 1.80. The van der Waals surface area contributed by atoms with E-state index in [0.29, 0.717) is 5.69 Å². The van der Waals surface area contributed by atoms with Crippen LogP contribution >= 0.6 is 23.2 Å². The van der Waals surface area contributed by atoms with E-state index in [-0.39, 0.29) is 25.5 Å². The molecule has 0 aliphatic heterocycles. The second-order valence-corrected chi connectivity index (χ2v) is 9.94. The summed E-state index contributed by atoms with van der Waals surface area (Å²) in [4.78, 5) is -0.113. The molecule has 6 nitrogen and oxygen atoms in total. The molecule has 0 atom stereocenters. The van der Waals surface area contributed by atoms with Gasteiger partial charge in [0.1, 0.15) is 0 Å². The highest BCUT2D eigenvalue weighted by Gasteiger charge is 2.18. The highest BCUT2D eigenvalue weighted by Crippen LogP contribution is 2.25. The van der Waals surface area contributed by atoms with Gasteiger partial charge in [-0.3, -0.25) is 9.44 Å². The van der Waals surface area contributed by atoms with Crippen LogP contribution < -0.4 is 9.44 Å². The van der Waals surface area contributed by atoms with Crippen molar-refractivity contribution < 1.29 is 16.8 Å². The Hall–Kier alpha value is -2.26. The van der Waals surface area contributed by atoms with Crippen LogP contribution in [0.3, 0.4) is 0 Å². The Labute approximate surface area is 173 Å². The third-order valence-electron chi connectivity index (χ3n) is 3.59. The Morgan fingerprint density at radius 1 is 0.571 bits per heavy atom. The smallest absolute Gasteiger partial charge is 0.261 e. The second kappa shape index (κ2) is 8.00. The van der Waals surface area contributed by atoms with E-state index in [2.05, 4.69) is 9.44 Å². The summed E-state index contributed by atoms with van der Waals surface area (Å²) in [5.74, 6) is 0. The van der Waals surface area contributed by atoms with Gasteiger partial charge < -0.3 is 0 Å². The lowest BCUT2D eigenvalue weighted by Crippen LogP contribution is -2.14. The van der Waals surface area contributed by atoms with Gasteiger partial charge in [0.2, 0.25) is 0 Å². The van der Waals surface area contributed by atoms with E-state index >= 15 is 0 Å². The van der Waals surface area contributed by atoms with E-state index in [9.17, 15) is 16.8 Å². The average molecular weight is 457 g/mol. The van der Waals surface area contributed by atoms with E-state index in [1.807, 2.05) is 0 Å². The maximum atomic E-state index is 12.5. The minimum atomic E-state index is -3.94. The summed E-state index contributed by atoms with van der Waals surface area (Å²) >= 11 is 11.7. The number of hydrogen-bond donors (Lipinski definition) is 2. The van der Waals surface area contributed by atoms with Gasteiger partial charge in [0, 0.05) is 21.4 Å². The predicted octanol–water partition coefficient (Wildman–Crippen LogP) is 4.60. The molecule has 10 heteroatoms. The molecule has 0 aromatic heterocycles. The maximum absolute atomic E-state index is 12.5. The Morgan fingerprint density at radius 3 is 1.57 bits per heavy atom. The Bertz CT molecular complexity index is 1180. The predicted molar refractivity (Wildman–Crippen MR) is 111 cm³/mol. The lowest BCUT2D eigenvalue weighted by Gasteiger charge is -2.11. The summed E-state index contributed by atoms with van der Waals surface area (Å²) in [6.07, 6.45) is 0. The molecule has 0 unspecified atom stereocenters. The van der Waals surface area contributed by atoms with Gasteiger partial charge >= 0.3 is 0 Å². The maximum Gasteiger partial charge on any atom is 0.261 e. The standard InChI is InChI=1S/C18H14Cl2N2O4S2/c19-13-10-14(20)12-18(11-13)28(25,26)22-16-6-8-17(9-7-16)27(23,24)21-15-4-2-1-3-5-15/h1-12,21-22H. The van der Waals surface area contributed by atoms with E-state index < -0.39 is 20.0 Å². The van der Waals surface area contributed by atoms with Crippen LogP contribution in [0.5, 0.6) is 0 Å². The van der Waals surface area contributed by atoms with Crippen LogP contribution in [0.15, 0.2) is 82.6 Å². The summed E-state index contributed by atoms with van der Waals surface area (Å²) in [5, 5.41) is 0.364. The van der Waals surface area contributed by atoms with Crippen molar-refractivity contribution in [1.29, 1.82) is 0 Å². The molecule has 0 radical (unpaired) electrons. The molecule has 0 saturated carbocycles. The lowest BCUT2D eigenvalue weighted by molar-refractivity contribution is 0.600. The summed E-state index contributed by atoms with van der Waals surface area (Å²) < 4.78 is 54.6. The van der Waals surface area contributed by atoms with E-state index in [4.69, 9.17) is 23.2 Å². The number of sulfonamides is 2. The van der Waals surface area contributed by atoms with Gasteiger partial charge in [-0.25, -0.2) is 16.8 Å². The number of nitrogens with one attached hydrogen (secondary N) is 2. The van der Waals surface area contributed by atoms with Crippen molar-refractivity contribution in [3.05, 3.63) is 82.8 Å². The van der Waals surface area contributed by atoms with Gasteiger partial charge in [-0.15, -0.1) is 0 Å². The van der Waals surface area contributed by atoms with Crippen LogP contribution in [0.25, 0.3) is 0 Å². The van der Waals surface area contributed by atoms with Gasteiger partial charge in [-0.1, -0.05) is 41.4 Å². The molecule has 146 valence electrons. The molecule has 0 bridgehead atoms. The fourth-order valence-electron chi connectivity index (χ4n) is 2.32. The van der Waals surface area contributed by atoms with Crippen LogP contribution in [0, 0.1) is 0 Å². The normalized spacial score (nSPS) is 11.8. The average Bonchev–Trinajstić information content (AvgIpc) is 2.61. The molecule has 0 aliphatic rings. The Kier molecular flexibility index (Phi) is 5.85. The van der Waals surface area contributed by atoms with Crippen LogP contribution in [0.2, 0.25) is 10.0 Å². The first-order valence-electron chi connectivity index (χ1n) is 7.83. The number of anilines is 2. The van der Waals surface area contributed by atoms with Gasteiger partial charge in [0.05, 0.1) is 9.79 Å². The highest BCUT2D eigenvalue weighted by atomic mass is 35.5. The van der Waals surface area contributed by atoms with Crippen LogP contribution in [-0.2, 0) is 20.0 Å². The molecule has 28 heavy (non-hydrogen) atoms. The summed E-state index contributed by atoms with van der Waals surface area (Å²) in [6, 6.07) is 17.7. The zero-order valence-corrected chi connectivity index (χ0v) is 17.3. The second-order valence-electron chi connectivity index (χ2n) is 5.71. The number of halogens is 2. The van der Waals surface area contributed by atoms with E-state index in [1.54, 1.807) is 30.3 Å². The van der Waals surface area contributed by atoms with Crippen molar-refractivity contribution >= 4 is 54.6 Å². The molecule has 0 heterocycles. The third kappa shape index (κ3) is 4.96. The van der Waals surface area contributed by atoms with Gasteiger partial charge in [0.25, 0.3) is 20.0 Å². The summed E-state index contributed by atoms with van der Waals surface area (Å²) in [6.45, 7) is 0. The molecular formula is C18H14Cl2N2O4S2. The first-order chi connectivity index (χ1) is 13.2. The van der Waals surface area contributed by atoms with Crippen molar-refractivity contribution in [2.45, 2.75) is 9.79 Å². The van der Waals surface area contributed by atoms with Gasteiger partial charge in [0.15, 0.2) is 0 Å². The minimum Gasteiger partial charge on any atom is -0.280 e. The molecule has 0 aliphatic carbocycles. The fraction of sp³-hybridized carbons (Fsp3) is 0. The topological polar surface area (TPSA) is 92.3 Å². The van der Waals surface area contributed by atoms with Crippen LogP contribution in [0.1, 0.15) is 0 Å². The monoisotopic (exact) mass is 456 g/mol. The largest absolute Gasteiger partial charge is 0.280 e. The zero-order chi connectivity index (χ0) is 20.4. The Morgan fingerprint density at radius 2 is 1.04 bits per heavy atom. The molecule has 0 amide bonds. The number of para-hydroxylation sites is 1. The van der Waals surface area contributed by atoms with E-state index in [1.165, 1.54) is 42.5 Å². The molecular weight excluding hydrogens is 443 g/mol. The molecule has 3 aromatic carbocycles. The lowest BCUT2D eigenvalue weighted by atomic mass is 10.3. The number of rotatable bonds is 6. The van der Waals surface area contributed by atoms with Crippen LogP contribution in [0.4, 0.5) is 11.4 Å². The quantitative estimate of drug-likeness (QED) is 0.566. The molecule has 0 saturated heterocycles. The van der Waals surface area contributed by atoms with Crippen molar-refractivity contribution in [3.63, 3.8) is 0 Å². The molecule has 3 rings (SSSR count). The van der Waals surface area contributed by atoms with Gasteiger partial charge in [-0.2, -0.15) is 0 Å². The number of hydrogen-bond acceptors (Lipinski definition) is 4. The fourth-order valence-corrected chi connectivity index (χ4v) is 5.16. The van der Waals surface area contributed by atoms with Crippen molar-refractivity contribution in [3.8, 4) is 0 Å².